The Morgan fingerprint density at radius 1 is 1.19 bits per heavy atom. The maximum atomic E-state index is 12.5. The SMILES string of the molecule is CCCCc1nnc(NC(=O)/C(C#N)=C\c2ccc(OCc3cc(=O)n4nc(CC)sc4n3)cc2)s1. The number of benzene rings is 1. The third kappa shape index (κ3) is 6.18. The van der Waals surface area contributed by atoms with Crippen molar-refractivity contribution in [1.82, 2.24) is 24.8 Å². The van der Waals surface area contributed by atoms with Crippen molar-refractivity contribution < 1.29 is 9.53 Å². The lowest BCUT2D eigenvalue weighted by Crippen LogP contribution is -2.16. The fourth-order valence-electron chi connectivity index (χ4n) is 3.14. The molecule has 3 heterocycles. The highest BCUT2D eigenvalue weighted by Gasteiger charge is 2.13. The number of hydrogen-bond acceptors (Lipinski definition) is 10. The first kappa shape index (κ1) is 25.2. The maximum absolute atomic E-state index is 12.5. The van der Waals surface area contributed by atoms with Crippen molar-refractivity contribution in [3.63, 3.8) is 0 Å². The number of unbranched alkanes of at least 4 members (excludes halogenated alkanes) is 1. The molecule has 36 heavy (non-hydrogen) atoms. The van der Waals surface area contributed by atoms with Crippen LogP contribution in [0.25, 0.3) is 11.0 Å². The summed E-state index contributed by atoms with van der Waals surface area (Å²) >= 11 is 2.69. The normalized spacial score (nSPS) is 11.4. The van der Waals surface area contributed by atoms with E-state index in [0.29, 0.717) is 27.1 Å². The van der Waals surface area contributed by atoms with E-state index in [-0.39, 0.29) is 17.7 Å². The molecule has 0 saturated heterocycles. The van der Waals surface area contributed by atoms with Crippen molar-refractivity contribution in [2.75, 3.05) is 5.32 Å². The summed E-state index contributed by atoms with van der Waals surface area (Å²) in [7, 11) is 0. The van der Waals surface area contributed by atoms with E-state index in [1.165, 1.54) is 39.3 Å². The first-order valence-corrected chi connectivity index (χ1v) is 13.0. The van der Waals surface area contributed by atoms with Crippen LogP contribution in [-0.4, -0.2) is 30.7 Å². The number of fused-ring (bicyclic) bond motifs is 1. The third-order valence-electron chi connectivity index (χ3n) is 5.02. The quantitative estimate of drug-likeness (QED) is 0.244. The lowest BCUT2D eigenvalue weighted by Gasteiger charge is -2.06. The predicted molar refractivity (Wildman–Crippen MR) is 138 cm³/mol. The van der Waals surface area contributed by atoms with Gasteiger partial charge in [-0.15, -0.1) is 10.2 Å². The number of anilines is 1. The largest absolute Gasteiger partial charge is 0.487 e. The second-order valence-corrected chi connectivity index (χ2v) is 9.82. The summed E-state index contributed by atoms with van der Waals surface area (Å²) in [6.45, 7) is 4.19. The van der Waals surface area contributed by atoms with Gasteiger partial charge in [-0.2, -0.15) is 14.9 Å². The second kappa shape index (κ2) is 11.7. The van der Waals surface area contributed by atoms with Gasteiger partial charge in [0.25, 0.3) is 11.5 Å². The van der Waals surface area contributed by atoms with Gasteiger partial charge in [-0.1, -0.05) is 55.1 Å². The molecular weight excluding hydrogens is 498 g/mol. The lowest BCUT2D eigenvalue weighted by atomic mass is 10.1. The van der Waals surface area contributed by atoms with Gasteiger partial charge in [-0.05, 0) is 36.6 Å². The molecule has 0 radical (unpaired) electrons. The minimum absolute atomic E-state index is 0.0528. The van der Waals surface area contributed by atoms with Crippen molar-refractivity contribution in [3.8, 4) is 11.8 Å². The zero-order valence-corrected chi connectivity index (χ0v) is 21.4. The topological polar surface area (TPSA) is 135 Å². The molecule has 10 nitrogen and oxygen atoms in total. The lowest BCUT2D eigenvalue weighted by molar-refractivity contribution is -0.112. The molecule has 1 aromatic carbocycles. The van der Waals surface area contributed by atoms with Crippen molar-refractivity contribution >= 4 is 44.7 Å². The molecule has 0 bridgehead atoms. The first-order valence-electron chi connectivity index (χ1n) is 11.4. The van der Waals surface area contributed by atoms with Crippen LogP contribution in [-0.2, 0) is 24.2 Å². The molecule has 4 rings (SSSR count). The van der Waals surface area contributed by atoms with Crippen LogP contribution in [0, 0.1) is 11.3 Å². The van der Waals surface area contributed by atoms with Crippen LogP contribution < -0.4 is 15.6 Å². The molecule has 1 N–H and O–H groups in total. The highest BCUT2D eigenvalue weighted by atomic mass is 32.1. The van der Waals surface area contributed by atoms with E-state index >= 15 is 0 Å². The fourth-order valence-corrected chi connectivity index (χ4v) is 4.78. The van der Waals surface area contributed by atoms with Crippen molar-refractivity contribution in [2.24, 2.45) is 0 Å². The Balaban J connectivity index is 1.38. The van der Waals surface area contributed by atoms with E-state index in [9.17, 15) is 14.9 Å². The molecule has 0 aliphatic rings. The number of carbonyl (C=O) groups is 1. The van der Waals surface area contributed by atoms with E-state index in [1.807, 2.05) is 13.0 Å². The molecular formula is C24H23N7O3S2. The number of aromatic nitrogens is 5. The summed E-state index contributed by atoms with van der Waals surface area (Å²) in [6, 6.07) is 10.2. The number of carbonyl (C=O) groups excluding carboxylic acids is 1. The van der Waals surface area contributed by atoms with Gasteiger partial charge < -0.3 is 4.74 Å². The molecule has 12 heteroatoms. The standard InChI is InChI=1S/C24H23N7O3S2/c1-3-5-6-20-28-29-23(35-20)27-22(33)16(13-25)11-15-7-9-18(10-8-15)34-14-17-12-21(32)31-24(26-17)36-19(4-2)30-31/h7-12H,3-6,14H2,1-2H3,(H,27,29,33)/b16-11-. The van der Waals surface area contributed by atoms with Crippen molar-refractivity contribution in [2.45, 2.75) is 46.1 Å². The average Bonchev–Trinajstić information content (AvgIpc) is 3.52. The zero-order chi connectivity index (χ0) is 25.5. The van der Waals surface area contributed by atoms with E-state index in [0.717, 1.165) is 35.7 Å². The molecule has 184 valence electrons. The van der Waals surface area contributed by atoms with Crippen molar-refractivity contribution in [1.29, 1.82) is 5.26 Å². The van der Waals surface area contributed by atoms with E-state index in [1.54, 1.807) is 24.3 Å². The number of hydrogen-bond donors (Lipinski definition) is 1. The van der Waals surface area contributed by atoms with Crippen LogP contribution in [0.15, 0.2) is 40.7 Å². The fraction of sp³-hybridized carbons (Fsp3) is 0.292. The van der Waals surface area contributed by atoms with Crippen LogP contribution in [0.3, 0.4) is 0 Å². The predicted octanol–water partition coefficient (Wildman–Crippen LogP) is 4.03. The molecule has 0 fully saturated rings. The van der Waals surface area contributed by atoms with Crippen LogP contribution in [0.4, 0.5) is 5.13 Å². The first-order chi connectivity index (χ1) is 17.5. The van der Waals surface area contributed by atoms with E-state index in [2.05, 4.69) is 32.5 Å². The molecule has 0 aliphatic heterocycles. The van der Waals surface area contributed by atoms with Gasteiger partial charge in [0.1, 0.15) is 34.0 Å². The second-order valence-electron chi connectivity index (χ2n) is 7.72. The zero-order valence-electron chi connectivity index (χ0n) is 19.7. The number of rotatable bonds is 10. The molecule has 0 unspecified atom stereocenters. The number of aryl methyl sites for hydroxylation is 2. The molecule has 4 aromatic rings. The Morgan fingerprint density at radius 3 is 2.72 bits per heavy atom. The maximum Gasteiger partial charge on any atom is 0.275 e. The number of ether oxygens (including phenoxy) is 1. The molecule has 0 saturated carbocycles. The van der Waals surface area contributed by atoms with Crippen LogP contribution in [0.5, 0.6) is 5.75 Å². The molecule has 0 spiro atoms. The van der Waals surface area contributed by atoms with Gasteiger partial charge in [0.15, 0.2) is 0 Å². The van der Waals surface area contributed by atoms with E-state index < -0.39 is 5.91 Å². The van der Waals surface area contributed by atoms with Gasteiger partial charge in [-0.3, -0.25) is 14.9 Å². The highest BCUT2D eigenvalue weighted by Crippen LogP contribution is 2.20. The average molecular weight is 522 g/mol. The monoisotopic (exact) mass is 521 g/mol. The molecule has 3 aromatic heterocycles. The van der Waals surface area contributed by atoms with Gasteiger partial charge in [0.2, 0.25) is 10.1 Å². The summed E-state index contributed by atoms with van der Waals surface area (Å²) in [5.41, 5.74) is 0.865. The Morgan fingerprint density at radius 2 is 2.00 bits per heavy atom. The summed E-state index contributed by atoms with van der Waals surface area (Å²) in [5.74, 6) is 0.0159. The highest BCUT2D eigenvalue weighted by molar-refractivity contribution is 7.16. The number of nitrogens with zero attached hydrogens (tertiary/aromatic N) is 6. The molecule has 1 amide bonds. The van der Waals surface area contributed by atoms with Crippen molar-refractivity contribution in [3.05, 3.63) is 67.5 Å². The molecule has 0 atom stereocenters. The number of amides is 1. The van der Waals surface area contributed by atoms with Crippen LogP contribution in [0.1, 0.15) is 48.0 Å². The summed E-state index contributed by atoms with van der Waals surface area (Å²) in [5, 5.41) is 26.4. The Bertz CT molecular complexity index is 1500. The van der Waals surface area contributed by atoms with Gasteiger partial charge in [0.05, 0.1) is 5.69 Å². The third-order valence-corrected chi connectivity index (χ3v) is 6.97. The van der Waals surface area contributed by atoms with Crippen LogP contribution in [0.2, 0.25) is 0 Å². The minimum atomic E-state index is -0.543. The van der Waals surface area contributed by atoms with Gasteiger partial charge >= 0.3 is 0 Å². The number of nitriles is 1. The van der Waals surface area contributed by atoms with Crippen LogP contribution >= 0.6 is 22.7 Å². The Hall–Kier alpha value is -3.95. The summed E-state index contributed by atoms with van der Waals surface area (Å²) < 4.78 is 7.07. The van der Waals surface area contributed by atoms with Gasteiger partial charge in [-0.25, -0.2) is 4.98 Å². The Labute approximate surface area is 214 Å². The van der Waals surface area contributed by atoms with Gasteiger partial charge in [0, 0.05) is 12.5 Å². The summed E-state index contributed by atoms with van der Waals surface area (Å²) in [4.78, 5) is 29.8. The number of nitrogens with one attached hydrogen (secondary N) is 1. The summed E-state index contributed by atoms with van der Waals surface area (Å²) in [6.07, 6.45) is 5.08. The smallest absolute Gasteiger partial charge is 0.275 e. The Kier molecular flexibility index (Phi) is 8.14. The molecule has 0 aliphatic carbocycles. The minimum Gasteiger partial charge on any atom is -0.487 e. The van der Waals surface area contributed by atoms with E-state index in [4.69, 9.17) is 4.74 Å².